The monoisotopic (exact) mass is 393 g/mol. The molecule has 0 atom stereocenters. The third-order valence-electron chi connectivity index (χ3n) is 4.37. The van der Waals surface area contributed by atoms with Gasteiger partial charge >= 0.3 is 0 Å². The van der Waals surface area contributed by atoms with Crippen LogP contribution in [0.1, 0.15) is 15.9 Å². The van der Waals surface area contributed by atoms with Gasteiger partial charge in [0.2, 0.25) is 5.95 Å². The predicted octanol–water partition coefficient (Wildman–Crippen LogP) is 2.82. The molecule has 0 saturated carbocycles. The minimum absolute atomic E-state index is 0.303. The van der Waals surface area contributed by atoms with Crippen molar-refractivity contribution in [1.29, 1.82) is 0 Å². The maximum absolute atomic E-state index is 12.5. The van der Waals surface area contributed by atoms with Crippen molar-refractivity contribution < 1.29 is 14.3 Å². The van der Waals surface area contributed by atoms with Gasteiger partial charge in [-0.25, -0.2) is 9.97 Å². The van der Waals surface area contributed by atoms with E-state index in [4.69, 9.17) is 9.47 Å². The maximum atomic E-state index is 12.5. The molecule has 0 saturated heterocycles. The number of aromatic nitrogens is 3. The molecule has 3 aromatic rings. The maximum Gasteiger partial charge on any atom is 0.258 e. The zero-order valence-electron chi connectivity index (χ0n) is 16.6. The average molecular weight is 393 g/mol. The van der Waals surface area contributed by atoms with Crippen molar-refractivity contribution in [3.8, 4) is 11.5 Å². The molecule has 2 aromatic heterocycles. The topological polar surface area (TPSA) is 89.5 Å². The van der Waals surface area contributed by atoms with Crippen molar-refractivity contribution in [3.63, 3.8) is 0 Å². The van der Waals surface area contributed by atoms with E-state index in [1.807, 2.05) is 24.1 Å². The lowest BCUT2D eigenvalue weighted by Crippen LogP contribution is -2.23. The molecule has 150 valence electrons. The summed E-state index contributed by atoms with van der Waals surface area (Å²) in [7, 11) is 5.02. The Kier molecular flexibility index (Phi) is 6.57. The highest BCUT2D eigenvalue weighted by Gasteiger charge is 2.12. The number of ether oxygens (including phenoxy) is 2. The number of likely N-dealkylation sites (N-methyl/N-ethyl adjacent to an activating group) is 1. The normalized spacial score (nSPS) is 10.3. The number of nitrogens with one attached hydrogen (secondary N) is 1. The van der Waals surface area contributed by atoms with E-state index in [1.54, 1.807) is 44.8 Å². The molecule has 0 aliphatic rings. The number of anilines is 2. The number of nitrogens with zero attached hydrogens (tertiary/aromatic N) is 4. The number of rotatable bonds is 8. The van der Waals surface area contributed by atoms with Gasteiger partial charge in [-0.3, -0.25) is 9.78 Å². The smallest absolute Gasteiger partial charge is 0.258 e. The predicted molar refractivity (Wildman–Crippen MR) is 111 cm³/mol. The second-order valence-electron chi connectivity index (χ2n) is 6.32. The molecule has 2 heterocycles. The van der Waals surface area contributed by atoms with Crippen LogP contribution in [0.4, 0.5) is 11.6 Å². The molecule has 1 N–H and O–H groups in total. The molecule has 0 unspecified atom stereocenters. The Labute approximate surface area is 169 Å². The zero-order valence-corrected chi connectivity index (χ0v) is 16.6. The van der Waals surface area contributed by atoms with E-state index in [9.17, 15) is 4.79 Å². The van der Waals surface area contributed by atoms with Crippen molar-refractivity contribution in [2.75, 3.05) is 38.0 Å². The van der Waals surface area contributed by atoms with Gasteiger partial charge in [0.05, 0.1) is 19.8 Å². The van der Waals surface area contributed by atoms with Crippen LogP contribution in [0.25, 0.3) is 0 Å². The lowest BCUT2D eigenvalue weighted by molar-refractivity contribution is 0.102. The molecular weight excluding hydrogens is 370 g/mol. The summed E-state index contributed by atoms with van der Waals surface area (Å²) < 4.78 is 10.5. The molecule has 0 radical (unpaired) electrons. The average Bonchev–Trinajstić information content (AvgIpc) is 2.78. The van der Waals surface area contributed by atoms with Gasteiger partial charge in [-0.15, -0.1) is 0 Å². The van der Waals surface area contributed by atoms with Crippen LogP contribution >= 0.6 is 0 Å². The minimum atomic E-state index is -0.303. The molecule has 3 rings (SSSR count). The molecule has 0 aliphatic heterocycles. The van der Waals surface area contributed by atoms with Gasteiger partial charge in [-0.05, 0) is 36.2 Å². The fourth-order valence-corrected chi connectivity index (χ4v) is 2.70. The van der Waals surface area contributed by atoms with E-state index in [0.29, 0.717) is 28.7 Å². The quantitative estimate of drug-likeness (QED) is 0.629. The van der Waals surface area contributed by atoms with Crippen LogP contribution in [0.3, 0.4) is 0 Å². The SMILES string of the molecule is COc1ccc(NC(=O)c2cnc(N(C)CCc3ccncc3)nc2)cc1OC. The van der Waals surface area contributed by atoms with Crippen molar-refractivity contribution >= 4 is 17.5 Å². The first-order chi connectivity index (χ1) is 14.1. The Hall–Kier alpha value is -3.68. The summed E-state index contributed by atoms with van der Waals surface area (Å²) in [4.78, 5) is 27.1. The van der Waals surface area contributed by atoms with E-state index in [0.717, 1.165) is 13.0 Å². The van der Waals surface area contributed by atoms with Gasteiger partial charge in [0.1, 0.15) is 0 Å². The van der Waals surface area contributed by atoms with Crippen LogP contribution in [0, 0.1) is 0 Å². The first-order valence-corrected chi connectivity index (χ1v) is 9.06. The summed E-state index contributed by atoms with van der Waals surface area (Å²) in [6, 6.07) is 9.12. The highest BCUT2D eigenvalue weighted by Crippen LogP contribution is 2.29. The van der Waals surface area contributed by atoms with Gasteiger partial charge in [-0.2, -0.15) is 0 Å². The van der Waals surface area contributed by atoms with Gasteiger partial charge in [0, 0.05) is 50.1 Å². The number of amides is 1. The number of hydrogen-bond acceptors (Lipinski definition) is 7. The van der Waals surface area contributed by atoms with Crippen molar-refractivity contribution in [1.82, 2.24) is 15.0 Å². The molecule has 29 heavy (non-hydrogen) atoms. The third kappa shape index (κ3) is 5.19. The van der Waals surface area contributed by atoms with E-state index >= 15 is 0 Å². The lowest BCUT2D eigenvalue weighted by atomic mass is 10.2. The van der Waals surface area contributed by atoms with E-state index < -0.39 is 0 Å². The molecular formula is C21H23N5O3. The zero-order chi connectivity index (χ0) is 20.6. The second kappa shape index (κ2) is 9.50. The molecule has 0 spiro atoms. The van der Waals surface area contributed by atoms with Crippen molar-refractivity contribution in [3.05, 3.63) is 66.2 Å². The van der Waals surface area contributed by atoms with Crippen molar-refractivity contribution in [2.24, 2.45) is 0 Å². The number of methoxy groups -OCH3 is 2. The Balaban J connectivity index is 1.61. The van der Waals surface area contributed by atoms with Crippen LogP contribution in [0.2, 0.25) is 0 Å². The number of benzene rings is 1. The Bertz CT molecular complexity index is 948. The fourth-order valence-electron chi connectivity index (χ4n) is 2.70. The molecule has 0 fully saturated rings. The summed E-state index contributed by atoms with van der Waals surface area (Å²) >= 11 is 0. The Morgan fingerprint density at radius 1 is 1.03 bits per heavy atom. The summed E-state index contributed by atoms with van der Waals surface area (Å²) in [5.41, 5.74) is 2.15. The van der Waals surface area contributed by atoms with Crippen molar-refractivity contribution in [2.45, 2.75) is 6.42 Å². The third-order valence-corrected chi connectivity index (χ3v) is 4.37. The first kappa shape index (κ1) is 20.1. The van der Waals surface area contributed by atoms with E-state index in [1.165, 1.54) is 18.0 Å². The van der Waals surface area contributed by atoms with Crippen LogP contribution < -0.4 is 19.7 Å². The number of pyridine rings is 1. The Morgan fingerprint density at radius 3 is 2.38 bits per heavy atom. The number of hydrogen-bond donors (Lipinski definition) is 1. The van der Waals surface area contributed by atoms with Gasteiger partial charge < -0.3 is 19.7 Å². The van der Waals surface area contributed by atoms with E-state index in [-0.39, 0.29) is 5.91 Å². The fraction of sp³-hybridized carbons (Fsp3) is 0.238. The summed E-state index contributed by atoms with van der Waals surface area (Å²) in [5, 5.41) is 2.81. The number of carbonyl (C=O) groups excluding carboxylic acids is 1. The molecule has 1 amide bonds. The van der Waals surface area contributed by atoms with Gasteiger partial charge in [0.25, 0.3) is 5.91 Å². The summed E-state index contributed by atoms with van der Waals surface area (Å²) in [6.07, 6.45) is 7.43. The molecule has 1 aromatic carbocycles. The van der Waals surface area contributed by atoms with E-state index in [2.05, 4.69) is 20.3 Å². The second-order valence-corrected chi connectivity index (χ2v) is 6.32. The minimum Gasteiger partial charge on any atom is -0.493 e. The summed E-state index contributed by atoms with van der Waals surface area (Å²) in [6.45, 7) is 0.751. The van der Waals surface area contributed by atoms with Gasteiger partial charge in [0.15, 0.2) is 11.5 Å². The lowest BCUT2D eigenvalue weighted by Gasteiger charge is -2.17. The Morgan fingerprint density at radius 2 is 1.72 bits per heavy atom. The number of carbonyl (C=O) groups is 1. The highest BCUT2D eigenvalue weighted by molar-refractivity contribution is 6.04. The molecule has 0 aliphatic carbocycles. The van der Waals surface area contributed by atoms with Crippen LogP contribution in [-0.2, 0) is 6.42 Å². The van der Waals surface area contributed by atoms with Crippen LogP contribution in [0.5, 0.6) is 11.5 Å². The van der Waals surface area contributed by atoms with Crippen LogP contribution in [0.15, 0.2) is 55.1 Å². The summed E-state index contributed by atoms with van der Waals surface area (Å²) in [5.74, 6) is 1.38. The van der Waals surface area contributed by atoms with Crippen LogP contribution in [-0.4, -0.2) is 48.7 Å². The molecule has 0 bridgehead atoms. The molecule has 8 heteroatoms. The highest BCUT2D eigenvalue weighted by atomic mass is 16.5. The first-order valence-electron chi connectivity index (χ1n) is 9.06. The van der Waals surface area contributed by atoms with Gasteiger partial charge in [-0.1, -0.05) is 0 Å². The largest absolute Gasteiger partial charge is 0.493 e. The standard InChI is InChI=1S/C21H23N5O3/c1-26(11-8-15-6-9-22-10-7-15)21-23-13-16(14-24-21)20(27)25-17-4-5-18(28-2)19(12-17)29-3/h4-7,9-10,12-14H,8,11H2,1-3H3,(H,25,27). The molecule has 8 nitrogen and oxygen atoms in total.